The minimum absolute atomic E-state index is 0.183. The number of hydrogen-bond donors (Lipinski definition) is 0. The van der Waals surface area contributed by atoms with E-state index in [0.29, 0.717) is 46.4 Å². The van der Waals surface area contributed by atoms with Crippen molar-refractivity contribution in [2.75, 3.05) is 18.0 Å². The molecule has 8 nitrogen and oxygen atoms in total. The highest BCUT2D eigenvalue weighted by atomic mass is 35.5. The smallest absolute Gasteiger partial charge is 0.279 e. The number of aryl methyl sites for hydroxylation is 2. The molecule has 0 N–H and O–H groups in total. The van der Waals surface area contributed by atoms with Crippen LogP contribution in [0.3, 0.4) is 0 Å². The van der Waals surface area contributed by atoms with E-state index in [2.05, 4.69) is 15.0 Å². The molecule has 0 radical (unpaired) electrons. The first-order chi connectivity index (χ1) is 16.5. The van der Waals surface area contributed by atoms with E-state index >= 15 is 4.39 Å². The summed E-state index contributed by atoms with van der Waals surface area (Å²) in [6.07, 6.45) is 3.46. The van der Waals surface area contributed by atoms with Crippen LogP contribution in [0.15, 0.2) is 41.5 Å². The number of hydrogen-bond acceptors (Lipinski definition) is 6. The maximum absolute atomic E-state index is 15.1. The van der Waals surface area contributed by atoms with Gasteiger partial charge in [0.1, 0.15) is 29.1 Å². The van der Waals surface area contributed by atoms with Gasteiger partial charge < -0.3 is 9.64 Å². The van der Waals surface area contributed by atoms with E-state index in [4.69, 9.17) is 21.3 Å². The van der Waals surface area contributed by atoms with E-state index in [1.807, 2.05) is 27.1 Å². The summed E-state index contributed by atoms with van der Waals surface area (Å²) in [4.78, 5) is 24.6. The molecule has 10 heteroatoms. The van der Waals surface area contributed by atoms with Crippen LogP contribution < -0.4 is 10.5 Å². The van der Waals surface area contributed by atoms with E-state index in [-0.39, 0.29) is 17.2 Å². The fourth-order valence-corrected chi connectivity index (χ4v) is 4.70. The summed E-state index contributed by atoms with van der Waals surface area (Å²) in [5.74, 6) is 0.568. The summed E-state index contributed by atoms with van der Waals surface area (Å²) in [5.41, 5.74) is 1.48. The fourth-order valence-electron chi connectivity index (χ4n) is 4.54. The van der Waals surface area contributed by atoms with E-state index in [1.54, 1.807) is 43.0 Å². The lowest BCUT2D eigenvalue weighted by Crippen LogP contribution is -2.50. The number of ether oxygens (including phenoxy) is 1. The lowest BCUT2D eigenvalue weighted by molar-refractivity contribution is -0.0857. The van der Waals surface area contributed by atoms with Gasteiger partial charge in [-0.3, -0.25) is 14.0 Å². The summed E-state index contributed by atoms with van der Waals surface area (Å²) in [5, 5.41) is 4.57. The van der Waals surface area contributed by atoms with Gasteiger partial charge in [-0.1, -0.05) is 11.6 Å². The Morgan fingerprint density at radius 2 is 1.91 bits per heavy atom. The highest BCUT2D eigenvalue weighted by Crippen LogP contribution is 2.36. The van der Waals surface area contributed by atoms with Gasteiger partial charge in [0.25, 0.3) is 5.56 Å². The van der Waals surface area contributed by atoms with Crippen LogP contribution in [0.4, 0.5) is 10.2 Å². The number of nitrogens with zero attached hydrogens (tertiary/aromatic N) is 6. The van der Waals surface area contributed by atoms with E-state index in [1.165, 1.54) is 10.6 Å². The number of halogens is 2. The van der Waals surface area contributed by atoms with Crippen molar-refractivity contribution >= 4 is 28.5 Å². The maximum atomic E-state index is 15.1. The Kier molecular flexibility index (Phi) is 5.64. The van der Waals surface area contributed by atoms with Gasteiger partial charge in [-0.2, -0.15) is 5.10 Å². The molecule has 0 unspecified atom stereocenters. The molecular weight excluding hydrogens is 471 g/mol. The molecule has 0 spiro atoms. The monoisotopic (exact) mass is 496 g/mol. The predicted molar refractivity (Wildman–Crippen MR) is 133 cm³/mol. The molecule has 1 atom stereocenters. The third-order valence-electron chi connectivity index (χ3n) is 6.31. The third-order valence-corrected chi connectivity index (χ3v) is 6.54. The van der Waals surface area contributed by atoms with Gasteiger partial charge in [-0.25, -0.2) is 14.4 Å². The minimum atomic E-state index is -0.502. The molecule has 1 saturated heterocycles. The van der Waals surface area contributed by atoms with E-state index in [0.717, 1.165) is 5.56 Å². The van der Waals surface area contributed by atoms with Crippen molar-refractivity contribution in [3.05, 3.63) is 69.2 Å². The summed E-state index contributed by atoms with van der Waals surface area (Å²) in [6.45, 7) is 6.78. The van der Waals surface area contributed by atoms with E-state index in [9.17, 15) is 4.79 Å². The second-order valence-corrected chi connectivity index (χ2v) is 10.0. The zero-order valence-electron chi connectivity index (χ0n) is 20.2. The molecule has 182 valence electrons. The van der Waals surface area contributed by atoms with Crippen molar-refractivity contribution < 1.29 is 9.13 Å². The van der Waals surface area contributed by atoms with Crippen molar-refractivity contribution in [3.8, 4) is 11.1 Å². The zero-order valence-corrected chi connectivity index (χ0v) is 21.0. The number of morpholine rings is 1. The number of benzene rings is 1. The summed E-state index contributed by atoms with van der Waals surface area (Å²) in [7, 11) is 3.51. The lowest BCUT2D eigenvalue weighted by atomic mass is 10.0. The van der Waals surface area contributed by atoms with Crippen LogP contribution in [0.1, 0.15) is 31.3 Å². The number of fused-ring (bicyclic) bond motifs is 1. The zero-order chi connectivity index (χ0) is 25.1. The normalized spacial score (nSPS) is 17.8. The Morgan fingerprint density at radius 3 is 2.60 bits per heavy atom. The quantitative estimate of drug-likeness (QED) is 0.423. The molecule has 1 aliphatic rings. The number of aromatic nitrogens is 5. The van der Waals surface area contributed by atoms with Gasteiger partial charge in [-0.05, 0) is 45.0 Å². The van der Waals surface area contributed by atoms with Crippen molar-refractivity contribution in [2.45, 2.75) is 32.5 Å². The molecule has 0 saturated carbocycles. The van der Waals surface area contributed by atoms with Gasteiger partial charge in [0, 0.05) is 48.5 Å². The van der Waals surface area contributed by atoms with E-state index < -0.39 is 11.4 Å². The number of pyridine rings is 1. The molecule has 1 aromatic carbocycles. The van der Waals surface area contributed by atoms with Crippen LogP contribution in [0, 0.1) is 12.7 Å². The van der Waals surface area contributed by atoms with Crippen molar-refractivity contribution in [1.29, 1.82) is 0 Å². The van der Waals surface area contributed by atoms with Crippen molar-refractivity contribution in [1.82, 2.24) is 24.3 Å². The lowest BCUT2D eigenvalue weighted by Gasteiger charge is -2.43. The molecule has 0 amide bonds. The van der Waals surface area contributed by atoms with Crippen LogP contribution in [0.2, 0.25) is 5.02 Å². The Bertz CT molecular complexity index is 1510. The summed E-state index contributed by atoms with van der Waals surface area (Å²) >= 11 is 6.00. The van der Waals surface area contributed by atoms with Gasteiger partial charge in [-0.15, -0.1) is 0 Å². The Balaban J connectivity index is 1.71. The second-order valence-electron chi connectivity index (χ2n) is 9.57. The maximum Gasteiger partial charge on any atom is 0.279 e. The van der Waals surface area contributed by atoms with Crippen molar-refractivity contribution in [3.63, 3.8) is 0 Å². The minimum Gasteiger partial charge on any atom is -0.364 e. The molecule has 1 aliphatic heterocycles. The average Bonchev–Trinajstić information content (AvgIpc) is 3.23. The Morgan fingerprint density at radius 1 is 1.14 bits per heavy atom. The van der Waals surface area contributed by atoms with Gasteiger partial charge >= 0.3 is 0 Å². The standard InChI is InChI=1S/C25H26ClFN6O2/c1-14-29-22-18(17-7-6-16(26)8-19(17)27)9-21(30-23(22)24(34)32(14)5)33-12-20(35-25(2,3)13-33)15-10-28-31(4)11-15/h6-11,20H,12-13H2,1-5H3/t20-/m1/s1. The van der Waals surface area contributed by atoms with Crippen LogP contribution in [0.5, 0.6) is 0 Å². The Labute approximate surface area is 206 Å². The molecule has 1 fully saturated rings. The fraction of sp³-hybridized carbons (Fsp3) is 0.360. The van der Waals surface area contributed by atoms with Crippen molar-refractivity contribution in [2.24, 2.45) is 14.1 Å². The van der Waals surface area contributed by atoms with Gasteiger partial charge in [0.05, 0.1) is 18.3 Å². The largest absolute Gasteiger partial charge is 0.364 e. The molecule has 5 rings (SSSR count). The molecule has 35 heavy (non-hydrogen) atoms. The van der Waals surface area contributed by atoms with Gasteiger partial charge in [0.2, 0.25) is 0 Å². The molecule has 4 aromatic rings. The molecule has 0 aliphatic carbocycles. The number of rotatable bonds is 3. The highest BCUT2D eigenvalue weighted by molar-refractivity contribution is 6.30. The summed E-state index contributed by atoms with van der Waals surface area (Å²) < 4.78 is 24.6. The molecular formula is C25H26ClFN6O2. The van der Waals surface area contributed by atoms with Crippen LogP contribution in [-0.2, 0) is 18.8 Å². The number of anilines is 1. The third kappa shape index (κ3) is 4.30. The second kappa shape index (κ2) is 8.42. The van der Waals surface area contributed by atoms with Crippen LogP contribution >= 0.6 is 11.6 Å². The predicted octanol–water partition coefficient (Wildman–Crippen LogP) is 4.19. The molecule has 3 aromatic heterocycles. The first kappa shape index (κ1) is 23.4. The van der Waals surface area contributed by atoms with Gasteiger partial charge in [0.15, 0.2) is 5.52 Å². The highest BCUT2D eigenvalue weighted by Gasteiger charge is 2.36. The molecule has 0 bridgehead atoms. The first-order valence-corrected chi connectivity index (χ1v) is 11.7. The van der Waals surface area contributed by atoms with Crippen LogP contribution in [0.25, 0.3) is 22.2 Å². The Hall–Kier alpha value is -3.30. The summed E-state index contributed by atoms with van der Waals surface area (Å²) in [6, 6.07) is 6.28. The molecule has 4 heterocycles. The SMILES string of the molecule is Cc1nc2c(-c3ccc(Cl)cc3F)cc(N3C[C@H](c4cnn(C)c4)OC(C)(C)C3)nc2c(=O)n1C. The first-order valence-electron chi connectivity index (χ1n) is 11.3. The topological polar surface area (TPSA) is 78.1 Å². The van der Waals surface area contributed by atoms with Crippen LogP contribution in [-0.4, -0.2) is 43.0 Å². The average molecular weight is 497 g/mol.